The smallest absolute Gasteiger partial charge is 0.341 e. The zero-order valence-corrected chi connectivity index (χ0v) is 11.4. The van der Waals surface area contributed by atoms with E-state index < -0.39 is 5.60 Å². The monoisotopic (exact) mass is 264 g/mol. The first-order valence-electron chi connectivity index (χ1n) is 6.69. The van der Waals surface area contributed by atoms with E-state index in [0.717, 1.165) is 12.8 Å². The molecule has 1 aliphatic heterocycles. The summed E-state index contributed by atoms with van der Waals surface area (Å²) in [6.45, 7) is 5.20. The number of hydrogen-bond donors (Lipinski definition) is 1. The summed E-state index contributed by atoms with van der Waals surface area (Å²) < 4.78 is 5.02. The fraction of sp³-hybridized carbons (Fsp3) is 0.571. The van der Waals surface area contributed by atoms with Gasteiger partial charge in [-0.2, -0.15) is 0 Å². The molecule has 0 saturated carbocycles. The van der Waals surface area contributed by atoms with Crippen LogP contribution in [-0.2, 0) is 4.74 Å². The summed E-state index contributed by atoms with van der Waals surface area (Å²) in [5, 5.41) is 10.2. The van der Waals surface area contributed by atoms with Crippen LogP contribution in [0, 0.1) is 0 Å². The molecule has 19 heavy (non-hydrogen) atoms. The fourth-order valence-electron chi connectivity index (χ4n) is 2.45. The first kappa shape index (κ1) is 13.8. The molecule has 1 fully saturated rings. The number of β-amino-alcohol motifs (C(OH)–C–C–N with tert-alkyl or cyclic N) is 1. The molecule has 0 unspecified atom stereocenters. The lowest BCUT2D eigenvalue weighted by Crippen LogP contribution is -2.62. The number of pyridine rings is 1. The van der Waals surface area contributed by atoms with Crippen molar-refractivity contribution in [3.63, 3.8) is 0 Å². The number of anilines is 1. The number of nitrogens with zero attached hydrogens (tertiary/aromatic N) is 2. The Hall–Kier alpha value is -1.62. The second-order valence-electron chi connectivity index (χ2n) is 4.93. The molecule has 0 amide bonds. The number of rotatable bonds is 5. The van der Waals surface area contributed by atoms with Gasteiger partial charge < -0.3 is 14.7 Å². The Morgan fingerprint density at radius 2 is 2.26 bits per heavy atom. The van der Waals surface area contributed by atoms with E-state index in [1.807, 2.05) is 11.8 Å². The van der Waals surface area contributed by atoms with Gasteiger partial charge in [0.2, 0.25) is 0 Å². The Bertz CT molecular complexity index is 456. The molecule has 0 aromatic carbocycles. The lowest BCUT2D eigenvalue weighted by atomic mass is 9.89. The Morgan fingerprint density at radius 3 is 2.89 bits per heavy atom. The van der Waals surface area contributed by atoms with Crippen LogP contribution in [0.5, 0.6) is 0 Å². The third kappa shape index (κ3) is 2.87. The van der Waals surface area contributed by atoms with Gasteiger partial charge in [-0.15, -0.1) is 0 Å². The molecule has 5 heteroatoms. The number of ether oxygens (including phenoxy) is 1. The second-order valence-corrected chi connectivity index (χ2v) is 4.93. The van der Waals surface area contributed by atoms with Crippen molar-refractivity contribution in [2.24, 2.45) is 0 Å². The Balaban J connectivity index is 2.12. The Kier molecular flexibility index (Phi) is 4.04. The van der Waals surface area contributed by atoms with Crippen LogP contribution in [0.2, 0.25) is 0 Å². The number of aliphatic hydroxyl groups is 1. The summed E-state index contributed by atoms with van der Waals surface area (Å²) in [4.78, 5) is 18.0. The summed E-state index contributed by atoms with van der Waals surface area (Å²) in [6, 6.07) is 3.42. The lowest BCUT2D eigenvalue weighted by molar-refractivity contribution is 0.00264. The highest BCUT2D eigenvalue weighted by atomic mass is 16.5. The quantitative estimate of drug-likeness (QED) is 0.819. The van der Waals surface area contributed by atoms with Gasteiger partial charge in [0.15, 0.2) is 0 Å². The van der Waals surface area contributed by atoms with Crippen molar-refractivity contribution in [3.05, 3.63) is 23.9 Å². The lowest BCUT2D eigenvalue weighted by Gasteiger charge is -2.47. The van der Waals surface area contributed by atoms with Crippen LogP contribution in [0.15, 0.2) is 18.3 Å². The van der Waals surface area contributed by atoms with Gasteiger partial charge in [0.25, 0.3) is 0 Å². The number of hydrogen-bond acceptors (Lipinski definition) is 5. The molecule has 0 aliphatic carbocycles. The van der Waals surface area contributed by atoms with E-state index in [-0.39, 0.29) is 5.97 Å². The fourth-order valence-corrected chi connectivity index (χ4v) is 2.45. The van der Waals surface area contributed by atoms with Crippen molar-refractivity contribution >= 4 is 11.8 Å². The molecule has 2 heterocycles. The number of carbonyl (C=O) groups excluding carboxylic acids is 1. The Labute approximate surface area is 113 Å². The van der Waals surface area contributed by atoms with E-state index in [1.165, 1.54) is 0 Å². The van der Waals surface area contributed by atoms with Crippen molar-refractivity contribution < 1.29 is 14.6 Å². The first-order chi connectivity index (χ1) is 9.09. The first-order valence-corrected chi connectivity index (χ1v) is 6.69. The summed E-state index contributed by atoms with van der Waals surface area (Å²) in [5.74, 6) is 0.234. The van der Waals surface area contributed by atoms with Crippen molar-refractivity contribution in [2.75, 3.05) is 24.6 Å². The molecule has 1 N–H and O–H groups in total. The van der Waals surface area contributed by atoms with E-state index in [1.54, 1.807) is 25.3 Å². The largest absolute Gasteiger partial charge is 0.462 e. The minimum Gasteiger partial charge on any atom is -0.462 e. The van der Waals surface area contributed by atoms with E-state index in [4.69, 9.17) is 4.74 Å². The van der Waals surface area contributed by atoms with E-state index >= 15 is 0 Å². The Morgan fingerprint density at radius 1 is 1.53 bits per heavy atom. The van der Waals surface area contributed by atoms with Gasteiger partial charge in [-0.3, -0.25) is 0 Å². The predicted octanol–water partition coefficient (Wildman–Crippen LogP) is 1.61. The molecular weight excluding hydrogens is 244 g/mol. The highest BCUT2D eigenvalue weighted by Gasteiger charge is 2.42. The maximum atomic E-state index is 11.8. The van der Waals surface area contributed by atoms with Gasteiger partial charge >= 0.3 is 5.97 Å². The molecule has 1 aromatic heterocycles. The van der Waals surface area contributed by atoms with Crippen LogP contribution < -0.4 is 4.90 Å². The zero-order chi connectivity index (χ0) is 13.9. The van der Waals surface area contributed by atoms with Gasteiger partial charge in [-0.1, -0.05) is 13.3 Å². The number of aromatic nitrogens is 1. The van der Waals surface area contributed by atoms with Gasteiger partial charge in [-0.25, -0.2) is 9.78 Å². The van der Waals surface area contributed by atoms with Gasteiger partial charge in [0, 0.05) is 19.3 Å². The number of carbonyl (C=O) groups is 1. The van der Waals surface area contributed by atoms with Crippen molar-refractivity contribution in [1.82, 2.24) is 4.98 Å². The third-order valence-corrected chi connectivity index (χ3v) is 3.27. The van der Waals surface area contributed by atoms with Crippen LogP contribution >= 0.6 is 0 Å². The van der Waals surface area contributed by atoms with E-state index in [0.29, 0.717) is 31.1 Å². The zero-order valence-electron chi connectivity index (χ0n) is 11.4. The molecule has 2 rings (SSSR count). The van der Waals surface area contributed by atoms with Crippen LogP contribution in [0.3, 0.4) is 0 Å². The molecule has 5 nitrogen and oxygen atoms in total. The van der Waals surface area contributed by atoms with Crippen LogP contribution in [0.25, 0.3) is 0 Å². The third-order valence-electron chi connectivity index (χ3n) is 3.27. The van der Waals surface area contributed by atoms with Crippen molar-refractivity contribution in [2.45, 2.75) is 32.3 Å². The minimum atomic E-state index is -0.641. The minimum absolute atomic E-state index is 0.340. The number of esters is 1. The summed E-state index contributed by atoms with van der Waals surface area (Å²) in [6.07, 6.45) is 3.36. The molecule has 0 spiro atoms. The molecule has 1 aromatic rings. The molecular formula is C14H20N2O3. The molecule has 0 atom stereocenters. The van der Waals surface area contributed by atoms with Crippen molar-refractivity contribution in [1.29, 1.82) is 0 Å². The second kappa shape index (κ2) is 5.57. The maximum Gasteiger partial charge on any atom is 0.341 e. The predicted molar refractivity (Wildman–Crippen MR) is 72.3 cm³/mol. The molecule has 0 radical (unpaired) electrons. The molecule has 104 valence electrons. The SMILES string of the molecule is CCCC1(O)CN(c2ncccc2C(=O)OCC)C1. The average Bonchev–Trinajstić information content (AvgIpc) is 2.36. The van der Waals surface area contributed by atoms with E-state index in [2.05, 4.69) is 4.98 Å². The summed E-state index contributed by atoms with van der Waals surface area (Å²) >= 11 is 0. The van der Waals surface area contributed by atoms with Crippen LogP contribution in [0.4, 0.5) is 5.82 Å². The average molecular weight is 264 g/mol. The standard InChI is InChI=1S/C14H20N2O3/c1-3-7-14(18)9-16(10-14)12-11(6-5-8-15-12)13(17)19-4-2/h5-6,8,18H,3-4,7,9-10H2,1-2H3. The topological polar surface area (TPSA) is 62.7 Å². The van der Waals surface area contributed by atoms with Gasteiger partial charge in [-0.05, 0) is 25.5 Å². The van der Waals surface area contributed by atoms with Crippen molar-refractivity contribution in [3.8, 4) is 0 Å². The highest BCUT2D eigenvalue weighted by Crippen LogP contribution is 2.31. The molecule has 1 saturated heterocycles. The maximum absolute atomic E-state index is 11.8. The van der Waals surface area contributed by atoms with Crippen LogP contribution in [0.1, 0.15) is 37.0 Å². The normalized spacial score (nSPS) is 16.9. The van der Waals surface area contributed by atoms with Crippen LogP contribution in [-0.4, -0.2) is 41.4 Å². The molecule has 1 aliphatic rings. The van der Waals surface area contributed by atoms with Gasteiger partial charge in [0.05, 0.1) is 12.2 Å². The molecule has 0 bridgehead atoms. The summed E-state index contributed by atoms with van der Waals surface area (Å²) in [7, 11) is 0. The highest BCUT2D eigenvalue weighted by molar-refractivity contribution is 5.95. The summed E-state index contributed by atoms with van der Waals surface area (Å²) in [5.41, 5.74) is -0.180. The van der Waals surface area contributed by atoms with E-state index in [9.17, 15) is 9.90 Å². The van der Waals surface area contributed by atoms with Gasteiger partial charge in [0.1, 0.15) is 11.4 Å².